The van der Waals surface area contributed by atoms with Crippen LogP contribution in [0.25, 0.3) is 0 Å². The molecule has 2 rings (SSSR count). The van der Waals surface area contributed by atoms with Gasteiger partial charge >= 0.3 is 0 Å². The van der Waals surface area contributed by atoms with Crippen LogP contribution in [-0.4, -0.2) is 49.7 Å². The number of hydrogen-bond donors (Lipinski definition) is 2. The van der Waals surface area contributed by atoms with Crippen molar-refractivity contribution < 1.29 is 9.90 Å². The number of aliphatic hydroxyl groups excluding tert-OH is 1. The molecule has 1 amide bonds. The molecule has 0 unspecified atom stereocenters. The number of aliphatic hydroxyl groups is 1. The lowest BCUT2D eigenvalue weighted by molar-refractivity contribution is 0.0781. The Morgan fingerprint density at radius 2 is 2.38 bits per heavy atom. The van der Waals surface area contributed by atoms with Crippen LogP contribution in [0.4, 0.5) is 0 Å². The van der Waals surface area contributed by atoms with Crippen LogP contribution in [0.1, 0.15) is 28.2 Å². The molecule has 0 aliphatic heterocycles. The zero-order valence-corrected chi connectivity index (χ0v) is 11.6. The number of amides is 1. The minimum atomic E-state index is -0.179. The van der Waals surface area contributed by atoms with Gasteiger partial charge in [-0.25, -0.2) is 4.98 Å². The maximum atomic E-state index is 12.4. The van der Waals surface area contributed by atoms with Crippen LogP contribution in [0.3, 0.4) is 0 Å². The van der Waals surface area contributed by atoms with Crippen molar-refractivity contribution in [2.45, 2.75) is 13.0 Å². The molecule has 2 aromatic rings. The summed E-state index contributed by atoms with van der Waals surface area (Å²) in [7, 11) is 1.68. The van der Waals surface area contributed by atoms with E-state index in [4.69, 9.17) is 5.11 Å². The van der Waals surface area contributed by atoms with Gasteiger partial charge in [-0.1, -0.05) is 11.8 Å². The van der Waals surface area contributed by atoms with Crippen LogP contribution < -0.4 is 0 Å². The topological polar surface area (TPSA) is 95.0 Å². The van der Waals surface area contributed by atoms with Gasteiger partial charge in [-0.3, -0.25) is 14.9 Å². The fourth-order valence-corrected chi connectivity index (χ4v) is 1.70. The van der Waals surface area contributed by atoms with Crippen molar-refractivity contribution in [3.63, 3.8) is 0 Å². The first-order valence-electron chi connectivity index (χ1n) is 6.36. The number of carbonyl (C=O) groups excluding carboxylic acids is 1. The molecule has 7 nitrogen and oxygen atoms in total. The van der Waals surface area contributed by atoms with Crippen molar-refractivity contribution in [3.05, 3.63) is 41.7 Å². The van der Waals surface area contributed by atoms with Gasteiger partial charge < -0.3 is 10.0 Å². The minimum Gasteiger partial charge on any atom is -0.395 e. The highest BCUT2D eigenvalue weighted by atomic mass is 16.2. The Morgan fingerprint density at radius 3 is 3.10 bits per heavy atom. The molecule has 0 saturated carbocycles. The summed E-state index contributed by atoms with van der Waals surface area (Å²) in [4.78, 5) is 21.9. The minimum absolute atomic E-state index is 0.0120. The lowest BCUT2D eigenvalue weighted by Crippen LogP contribution is -2.27. The van der Waals surface area contributed by atoms with Gasteiger partial charge in [0.1, 0.15) is 12.2 Å². The number of hydrogen-bond acceptors (Lipinski definition) is 5. The Hall–Kier alpha value is -2.72. The molecule has 0 fully saturated rings. The van der Waals surface area contributed by atoms with E-state index in [0.29, 0.717) is 29.9 Å². The van der Waals surface area contributed by atoms with Crippen molar-refractivity contribution in [1.29, 1.82) is 0 Å². The molecule has 2 heterocycles. The molecule has 108 valence electrons. The van der Waals surface area contributed by atoms with Crippen LogP contribution >= 0.6 is 0 Å². The third-order valence-electron chi connectivity index (χ3n) is 2.71. The van der Waals surface area contributed by atoms with Crippen LogP contribution in [0.15, 0.2) is 24.8 Å². The molecule has 2 aromatic heterocycles. The van der Waals surface area contributed by atoms with E-state index >= 15 is 0 Å². The van der Waals surface area contributed by atoms with E-state index in [0.717, 1.165) is 0 Å². The molecule has 0 aromatic carbocycles. The summed E-state index contributed by atoms with van der Waals surface area (Å²) in [5.41, 5.74) is 1.01. The van der Waals surface area contributed by atoms with E-state index in [-0.39, 0.29) is 12.5 Å². The smallest absolute Gasteiger partial charge is 0.255 e. The third kappa shape index (κ3) is 3.87. The average Bonchev–Trinajstić information content (AvgIpc) is 3.00. The molecular formula is C14H15N5O2. The Morgan fingerprint density at radius 1 is 1.52 bits per heavy atom. The quantitative estimate of drug-likeness (QED) is 0.783. The highest BCUT2D eigenvalue weighted by molar-refractivity contribution is 5.96. The molecule has 0 radical (unpaired) electrons. The monoisotopic (exact) mass is 285 g/mol. The van der Waals surface area contributed by atoms with Gasteiger partial charge in [-0.05, 0) is 6.07 Å². The standard InChI is InChI=1S/C14H15N5O2/c1-19(9-13-16-10-17-18-13)14(21)12-5-6-15-8-11(12)4-2-3-7-20/h5-6,8,10,20H,3,7,9H2,1H3,(H,16,17,18). The normalized spacial score (nSPS) is 9.81. The third-order valence-corrected chi connectivity index (χ3v) is 2.71. The molecule has 0 aliphatic rings. The van der Waals surface area contributed by atoms with E-state index in [2.05, 4.69) is 32.0 Å². The number of nitrogens with zero attached hydrogens (tertiary/aromatic N) is 4. The lowest BCUT2D eigenvalue weighted by Gasteiger charge is -2.16. The maximum absolute atomic E-state index is 12.4. The summed E-state index contributed by atoms with van der Waals surface area (Å²) < 4.78 is 0. The van der Waals surface area contributed by atoms with Gasteiger partial charge in [0.15, 0.2) is 0 Å². The largest absolute Gasteiger partial charge is 0.395 e. The van der Waals surface area contributed by atoms with Crippen molar-refractivity contribution in [2.24, 2.45) is 0 Å². The van der Waals surface area contributed by atoms with Crippen LogP contribution in [0, 0.1) is 11.8 Å². The summed E-state index contributed by atoms with van der Waals surface area (Å²) >= 11 is 0. The molecule has 0 atom stereocenters. The van der Waals surface area contributed by atoms with Crippen LogP contribution in [0.5, 0.6) is 0 Å². The summed E-state index contributed by atoms with van der Waals surface area (Å²) in [6.45, 7) is 0.312. The van der Waals surface area contributed by atoms with Crippen molar-refractivity contribution in [2.75, 3.05) is 13.7 Å². The zero-order chi connectivity index (χ0) is 15.1. The van der Waals surface area contributed by atoms with Crippen LogP contribution in [0.2, 0.25) is 0 Å². The van der Waals surface area contributed by atoms with Gasteiger partial charge in [-0.15, -0.1) is 0 Å². The summed E-state index contributed by atoms with van der Waals surface area (Å²) in [6, 6.07) is 1.63. The molecule has 0 saturated heterocycles. The van der Waals surface area contributed by atoms with E-state index in [1.807, 2.05) is 0 Å². The molecule has 0 spiro atoms. The Balaban J connectivity index is 2.17. The zero-order valence-electron chi connectivity index (χ0n) is 11.6. The SMILES string of the molecule is CN(Cc1ncn[nH]1)C(=O)c1ccncc1C#CCCO. The van der Waals surface area contributed by atoms with Crippen molar-refractivity contribution >= 4 is 5.91 Å². The van der Waals surface area contributed by atoms with Gasteiger partial charge in [0.25, 0.3) is 5.91 Å². The first kappa shape index (κ1) is 14.7. The average molecular weight is 285 g/mol. The predicted octanol–water partition coefficient (Wildman–Crippen LogP) is 0.206. The number of carbonyl (C=O) groups is 1. The van der Waals surface area contributed by atoms with Crippen LogP contribution in [-0.2, 0) is 6.54 Å². The van der Waals surface area contributed by atoms with Gasteiger partial charge in [-0.2, -0.15) is 5.10 Å². The van der Waals surface area contributed by atoms with Gasteiger partial charge in [0.05, 0.1) is 24.3 Å². The first-order chi connectivity index (χ1) is 10.2. The highest BCUT2D eigenvalue weighted by Crippen LogP contribution is 2.10. The Kier molecular flexibility index (Phi) is 5.01. The summed E-state index contributed by atoms with van der Waals surface area (Å²) in [5, 5.41) is 15.2. The number of aromatic amines is 1. The molecule has 7 heteroatoms. The van der Waals surface area contributed by atoms with Gasteiger partial charge in [0.2, 0.25) is 0 Å². The Bertz CT molecular complexity index is 657. The number of aromatic nitrogens is 4. The Labute approximate surface area is 122 Å². The van der Waals surface area contributed by atoms with E-state index in [9.17, 15) is 4.79 Å². The summed E-state index contributed by atoms with van der Waals surface area (Å²) in [6.07, 6.45) is 4.84. The molecular weight excluding hydrogens is 270 g/mol. The van der Waals surface area contributed by atoms with E-state index in [1.165, 1.54) is 11.2 Å². The van der Waals surface area contributed by atoms with E-state index in [1.54, 1.807) is 25.5 Å². The highest BCUT2D eigenvalue weighted by Gasteiger charge is 2.16. The van der Waals surface area contributed by atoms with Gasteiger partial charge in [0, 0.05) is 25.9 Å². The number of H-pyrrole nitrogens is 1. The summed E-state index contributed by atoms with van der Waals surface area (Å²) in [5.74, 6) is 6.07. The molecule has 0 bridgehead atoms. The number of pyridine rings is 1. The lowest BCUT2D eigenvalue weighted by atomic mass is 10.1. The second-order valence-corrected chi connectivity index (χ2v) is 4.29. The molecule has 21 heavy (non-hydrogen) atoms. The molecule has 0 aliphatic carbocycles. The number of rotatable bonds is 4. The maximum Gasteiger partial charge on any atom is 0.255 e. The second kappa shape index (κ2) is 7.17. The van der Waals surface area contributed by atoms with Crippen molar-refractivity contribution in [3.8, 4) is 11.8 Å². The van der Waals surface area contributed by atoms with E-state index < -0.39 is 0 Å². The number of nitrogens with one attached hydrogen (secondary N) is 1. The van der Waals surface area contributed by atoms with Crippen molar-refractivity contribution in [1.82, 2.24) is 25.1 Å². The first-order valence-corrected chi connectivity index (χ1v) is 6.36. The second-order valence-electron chi connectivity index (χ2n) is 4.29. The molecule has 2 N–H and O–H groups in total. The fraction of sp³-hybridized carbons (Fsp3) is 0.286. The predicted molar refractivity (Wildman–Crippen MR) is 75.0 cm³/mol. The fourth-order valence-electron chi connectivity index (χ4n) is 1.70.